The smallest absolute Gasteiger partial charge is 0.323 e. The zero-order valence-electron chi connectivity index (χ0n) is 13.9. The van der Waals surface area contributed by atoms with Crippen molar-refractivity contribution in [2.45, 2.75) is 50.7 Å². The predicted molar refractivity (Wildman–Crippen MR) is 85.3 cm³/mol. The average Bonchev–Trinajstić information content (AvgIpc) is 2.35. The number of aryl methyl sites for hydroxylation is 1. The van der Waals surface area contributed by atoms with Gasteiger partial charge in [0.1, 0.15) is 18.4 Å². The molecule has 0 N–H and O–H groups in total. The molecule has 7 heteroatoms. The minimum absolute atomic E-state index is 0.148. The molecule has 128 valence electrons. The standard InChI is InChI=1S/C16H23NO5S/c1-12-7-5-6-8-14(12)23(19,20)21-11-17-10-9-13(17)15(18)22-16(2,3)4/h5-8,13H,9-11H2,1-4H3/t13-/m1/s1. The minimum Gasteiger partial charge on any atom is -0.459 e. The SMILES string of the molecule is Cc1ccccc1S(=O)(=O)OCN1CC[C@@H]1C(=O)OC(C)(C)C. The van der Waals surface area contributed by atoms with Gasteiger partial charge in [-0.15, -0.1) is 0 Å². The van der Waals surface area contributed by atoms with Gasteiger partial charge in [0.25, 0.3) is 10.1 Å². The van der Waals surface area contributed by atoms with Crippen molar-refractivity contribution >= 4 is 16.1 Å². The van der Waals surface area contributed by atoms with Crippen LogP contribution >= 0.6 is 0 Å². The van der Waals surface area contributed by atoms with E-state index in [-0.39, 0.29) is 17.6 Å². The number of esters is 1. The summed E-state index contributed by atoms with van der Waals surface area (Å²) in [4.78, 5) is 13.8. The quantitative estimate of drug-likeness (QED) is 0.603. The first kappa shape index (κ1) is 17.9. The Bertz CT molecular complexity index is 678. The Morgan fingerprint density at radius 3 is 2.48 bits per heavy atom. The molecule has 0 spiro atoms. The first-order valence-electron chi connectivity index (χ1n) is 7.52. The Morgan fingerprint density at radius 2 is 1.96 bits per heavy atom. The van der Waals surface area contributed by atoms with Gasteiger partial charge in [-0.1, -0.05) is 18.2 Å². The van der Waals surface area contributed by atoms with Gasteiger partial charge in [0, 0.05) is 6.54 Å². The second kappa shape index (κ2) is 6.59. The Kier molecular flexibility index (Phi) is 5.13. The third-order valence-corrected chi connectivity index (χ3v) is 4.96. The van der Waals surface area contributed by atoms with Crippen LogP contribution in [0, 0.1) is 6.92 Å². The Morgan fingerprint density at radius 1 is 1.30 bits per heavy atom. The maximum absolute atomic E-state index is 12.2. The summed E-state index contributed by atoms with van der Waals surface area (Å²) in [7, 11) is -3.84. The van der Waals surface area contributed by atoms with Gasteiger partial charge >= 0.3 is 5.97 Å². The summed E-state index contributed by atoms with van der Waals surface area (Å²) < 4.78 is 34.9. The number of nitrogens with zero attached hydrogens (tertiary/aromatic N) is 1. The summed E-state index contributed by atoms with van der Waals surface area (Å²) in [5.41, 5.74) is 0.0617. The fourth-order valence-electron chi connectivity index (χ4n) is 2.27. The highest BCUT2D eigenvalue weighted by atomic mass is 32.2. The fourth-order valence-corrected chi connectivity index (χ4v) is 3.38. The summed E-state index contributed by atoms with van der Waals surface area (Å²) in [5, 5.41) is 0. The van der Waals surface area contributed by atoms with Crippen LogP contribution < -0.4 is 0 Å². The summed E-state index contributed by atoms with van der Waals surface area (Å²) >= 11 is 0. The molecule has 0 aliphatic carbocycles. The molecule has 2 rings (SSSR count). The highest BCUT2D eigenvalue weighted by Gasteiger charge is 2.38. The van der Waals surface area contributed by atoms with Gasteiger partial charge in [0.05, 0.1) is 4.90 Å². The second-order valence-corrected chi connectivity index (χ2v) is 8.20. The lowest BCUT2D eigenvalue weighted by molar-refractivity contribution is -0.168. The number of hydrogen-bond acceptors (Lipinski definition) is 6. The molecule has 0 amide bonds. The lowest BCUT2D eigenvalue weighted by atomic mass is 10.0. The predicted octanol–water partition coefficient (Wildman–Crippen LogP) is 2.07. The van der Waals surface area contributed by atoms with Crippen LogP contribution in [0.25, 0.3) is 0 Å². The van der Waals surface area contributed by atoms with Crippen LogP contribution in [0.15, 0.2) is 29.2 Å². The van der Waals surface area contributed by atoms with E-state index in [4.69, 9.17) is 8.92 Å². The van der Waals surface area contributed by atoms with Gasteiger partial charge in [-0.2, -0.15) is 8.42 Å². The van der Waals surface area contributed by atoms with E-state index in [1.807, 2.05) is 0 Å². The molecule has 1 aromatic carbocycles. The van der Waals surface area contributed by atoms with Crippen molar-refractivity contribution in [3.63, 3.8) is 0 Å². The zero-order chi connectivity index (χ0) is 17.3. The van der Waals surface area contributed by atoms with Crippen LogP contribution in [0.2, 0.25) is 0 Å². The molecule has 0 unspecified atom stereocenters. The lowest BCUT2D eigenvalue weighted by Gasteiger charge is -2.39. The van der Waals surface area contributed by atoms with Gasteiger partial charge in [-0.05, 0) is 45.7 Å². The van der Waals surface area contributed by atoms with E-state index in [9.17, 15) is 13.2 Å². The molecule has 0 aromatic heterocycles. The molecule has 0 radical (unpaired) electrons. The van der Waals surface area contributed by atoms with Crippen LogP contribution in [0.3, 0.4) is 0 Å². The maximum atomic E-state index is 12.2. The van der Waals surface area contributed by atoms with Crippen molar-refractivity contribution in [3.05, 3.63) is 29.8 Å². The van der Waals surface area contributed by atoms with E-state index >= 15 is 0 Å². The number of carbonyl (C=O) groups excluding carboxylic acids is 1. The molecule has 0 bridgehead atoms. The largest absolute Gasteiger partial charge is 0.459 e. The van der Waals surface area contributed by atoms with E-state index in [1.54, 1.807) is 50.8 Å². The van der Waals surface area contributed by atoms with E-state index in [0.717, 1.165) is 0 Å². The Hall–Kier alpha value is -1.44. The molecule has 23 heavy (non-hydrogen) atoms. The summed E-state index contributed by atoms with van der Waals surface area (Å²) in [6.45, 7) is 7.56. The zero-order valence-corrected chi connectivity index (χ0v) is 14.7. The first-order chi connectivity index (χ1) is 10.6. The highest BCUT2D eigenvalue weighted by Crippen LogP contribution is 2.23. The van der Waals surface area contributed by atoms with Gasteiger partial charge in [0.2, 0.25) is 0 Å². The molecule has 1 heterocycles. The highest BCUT2D eigenvalue weighted by molar-refractivity contribution is 7.86. The number of benzene rings is 1. The van der Waals surface area contributed by atoms with Crippen LogP contribution in [0.4, 0.5) is 0 Å². The number of likely N-dealkylation sites (tertiary alicyclic amines) is 1. The van der Waals surface area contributed by atoms with Crippen LogP contribution in [0.1, 0.15) is 32.8 Å². The Labute approximate surface area is 137 Å². The van der Waals surface area contributed by atoms with Gasteiger partial charge in [-0.25, -0.2) is 0 Å². The molecule has 1 aromatic rings. The molecule has 0 saturated carbocycles. The van der Waals surface area contributed by atoms with Crippen LogP contribution in [-0.4, -0.2) is 44.2 Å². The molecule has 6 nitrogen and oxygen atoms in total. The third-order valence-electron chi connectivity index (χ3n) is 3.55. The minimum atomic E-state index is -3.84. The van der Waals surface area contributed by atoms with E-state index in [1.165, 1.54) is 6.07 Å². The molecule has 1 saturated heterocycles. The van der Waals surface area contributed by atoms with Crippen molar-refractivity contribution in [3.8, 4) is 0 Å². The summed E-state index contributed by atoms with van der Waals surface area (Å²) in [5.74, 6) is -0.347. The van der Waals surface area contributed by atoms with Gasteiger partial charge in [0.15, 0.2) is 0 Å². The third kappa shape index (κ3) is 4.53. The molecular formula is C16H23NO5S. The second-order valence-electron chi connectivity index (χ2n) is 6.62. The Balaban J connectivity index is 1.96. The van der Waals surface area contributed by atoms with Crippen molar-refractivity contribution in [2.24, 2.45) is 0 Å². The monoisotopic (exact) mass is 341 g/mol. The van der Waals surface area contributed by atoms with E-state index < -0.39 is 21.8 Å². The first-order valence-corrected chi connectivity index (χ1v) is 8.93. The number of ether oxygens (including phenoxy) is 1. The van der Waals surface area contributed by atoms with Gasteiger partial charge < -0.3 is 4.74 Å². The van der Waals surface area contributed by atoms with Crippen LogP contribution in [-0.2, 0) is 23.8 Å². The average molecular weight is 341 g/mol. The summed E-state index contributed by atoms with van der Waals surface area (Å²) in [6, 6.07) is 6.19. The van der Waals surface area contributed by atoms with Crippen molar-refractivity contribution in [1.82, 2.24) is 4.90 Å². The number of hydrogen-bond donors (Lipinski definition) is 0. The molecule has 1 aliphatic heterocycles. The van der Waals surface area contributed by atoms with E-state index in [2.05, 4.69) is 0 Å². The number of carbonyl (C=O) groups is 1. The maximum Gasteiger partial charge on any atom is 0.323 e. The normalized spacial score (nSPS) is 19.2. The summed E-state index contributed by atoms with van der Waals surface area (Å²) in [6.07, 6.45) is 0.642. The molecule has 1 atom stereocenters. The topological polar surface area (TPSA) is 72.9 Å². The fraction of sp³-hybridized carbons (Fsp3) is 0.562. The molecular weight excluding hydrogens is 318 g/mol. The van der Waals surface area contributed by atoms with Crippen molar-refractivity contribution < 1.29 is 22.1 Å². The molecule has 1 fully saturated rings. The van der Waals surface area contributed by atoms with Crippen LogP contribution in [0.5, 0.6) is 0 Å². The lowest BCUT2D eigenvalue weighted by Crippen LogP contribution is -2.54. The molecule has 1 aliphatic rings. The van der Waals surface area contributed by atoms with Crippen molar-refractivity contribution in [2.75, 3.05) is 13.3 Å². The van der Waals surface area contributed by atoms with E-state index in [0.29, 0.717) is 18.5 Å². The number of rotatable bonds is 5. The van der Waals surface area contributed by atoms with Gasteiger partial charge in [-0.3, -0.25) is 13.9 Å². The van der Waals surface area contributed by atoms with Crippen molar-refractivity contribution in [1.29, 1.82) is 0 Å².